The molecule has 1 aromatic heterocycles. The highest BCUT2D eigenvalue weighted by molar-refractivity contribution is 6.34. The predicted molar refractivity (Wildman–Crippen MR) is 143 cm³/mol. The Morgan fingerprint density at radius 2 is 1.66 bits per heavy atom. The Bertz CT molecular complexity index is 1220. The van der Waals surface area contributed by atoms with Crippen LogP contribution in [0.4, 0.5) is 11.4 Å². The molecule has 0 spiro atoms. The molecule has 2 aromatic carbocycles. The zero-order chi connectivity index (χ0) is 24.9. The van der Waals surface area contributed by atoms with Crippen LogP contribution in [0.15, 0.2) is 59.5 Å². The lowest BCUT2D eigenvalue weighted by atomic mass is 10.1. The molecule has 0 bridgehead atoms. The van der Waals surface area contributed by atoms with Gasteiger partial charge in [0.1, 0.15) is 5.56 Å². The summed E-state index contributed by atoms with van der Waals surface area (Å²) in [5.74, 6) is -0.472. The number of anilines is 2. The van der Waals surface area contributed by atoms with Gasteiger partial charge in [0.15, 0.2) is 0 Å². The van der Waals surface area contributed by atoms with Crippen molar-refractivity contribution in [2.45, 2.75) is 19.5 Å². The molecule has 0 saturated carbocycles. The number of nitrogens with zero attached hydrogens (tertiary/aromatic N) is 2. The molecule has 3 aromatic rings. The zero-order valence-corrected chi connectivity index (χ0v) is 21.3. The van der Waals surface area contributed by atoms with Crippen LogP contribution in [-0.2, 0) is 6.54 Å². The third kappa shape index (κ3) is 6.86. The van der Waals surface area contributed by atoms with E-state index < -0.39 is 11.5 Å². The number of aromatic nitrogens is 1. The average Bonchev–Trinajstić information content (AvgIpc) is 2.82. The SMILES string of the molecule is C[C@@H](Nc1c[nH]c(=O)c(C(=O)Nc2ccc(CN3CCN(C)CC3)cc2)c1)c1cc(Cl)cc(Cl)c1. The molecule has 1 atom stereocenters. The minimum atomic E-state index is -0.472. The predicted octanol–water partition coefficient (Wildman–Crippen LogP) is 4.85. The standard InChI is InChI=1S/C26H29Cl2N5O2/c1-17(19-11-20(27)13-21(28)12-19)30-23-14-24(25(34)29-15-23)26(35)31-22-5-3-18(4-6-22)16-33-9-7-32(2)8-10-33/h3-6,11-15,17,30H,7-10,16H2,1-2H3,(H,29,34)(H,31,35)/t17-/m1/s1. The number of hydrogen-bond donors (Lipinski definition) is 3. The van der Waals surface area contributed by atoms with Crippen LogP contribution in [0, 0.1) is 0 Å². The van der Waals surface area contributed by atoms with Crippen LogP contribution in [0.25, 0.3) is 0 Å². The second-order valence-corrected chi connectivity index (χ2v) is 9.80. The molecule has 3 N–H and O–H groups in total. The third-order valence-electron chi connectivity index (χ3n) is 6.13. The fourth-order valence-corrected chi connectivity index (χ4v) is 4.59. The van der Waals surface area contributed by atoms with E-state index in [1.54, 1.807) is 12.1 Å². The first-order valence-electron chi connectivity index (χ1n) is 11.5. The van der Waals surface area contributed by atoms with Crippen LogP contribution >= 0.6 is 23.2 Å². The van der Waals surface area contributed by atoms with E-state index in [1.807, 2.05) is 43.3 Å². The highest BCUT2D eigenvalue weighted by Crippen LogP contribution is 2.26. The topological polar surface area (TPSA) is 80.5 Å². The second kappa shape index (κ2) is 11.3. The number of rotatable bonds is 7. The fraction of sp³-hybridized carbons (Fsp3) is 0.308. The zero-order valence-electron chi connectivity index (χ0n) is 19.8. The smallest absolute Gasteiger partial charge is 0.261 e. The quantitative estimate of drug-likeness (QED) is 0.420. The number of H-pyrrole nitrogens is 1. The van der Waals surface area contributed by atoms with E-state index in [-0.39, 0.29) is 11.6 Å². The summed E-state index contributed by atoms with van der Waals surface area (Å²) in [4.78, 5) is 32.6. The number of halogens is 2. The van der Waals surface area contributed by atoms with E-state index in [4.69, 9.17) is 23.2 Å². The summed E-state index contributed by atoms with van der Waals surface area (Å²) in [7, 11) is 2.14. The normalized spacial score (nSPS) is 15.5. The summed E-state index contributed by atoms with van der Waals surface area (Å²) in [5.41, 5.74) is 2.87. The minimum Gasteiger partial charge on any atom is -0.377 e. The summed E-state index contributed by atoms with van der Waals surface area (Å²) in [6.45, 7) is 7.06. The number of piperazine rings is 1. The van der Waals surface area contributed by atoms with E-state index in [0.717, 1.165) is 38.3 Å². The van der Waals surface area contributed by atoms with Gasteiger partial charge in [-0.25, -0.2) is 0 Å². The highest BCUT2D eigenvalue weighted by atomic mass is 35.5. The van der Waals surface area contributed by atoms with E-state index >= 15 is 0 Å². The van der Waals surface area contributed by atoms with Crippen LogP contribution in [0.1, 0.15) is 34.5 Å². The molecule has 1 aliphatic heterocycles. The number of hydrogen-bond acceptors (Lipinski definition) is 5. The van der Waals surface area contributed by atoms with Gasteiger partial charge in [0, 0.05) is 60.7 Å². The maximum atomic E-state index is 12.9. The van der Waals surface area contributed by atoms with Crippen molar-refractivity contribution in [3.63, 3.8) is 0 Å². The lowest BCUT2D eigenvalue weighted by Crippen LogP contribution is -2.43. The van der Waals surface area contributed by atoms with E-state index in [0.29, 0.717) is 21.4 Å². The monoisotopic (exact) mass is 513 g/mol. The van der Waals surface area contributed by atoms with E-state index in [2.05, 4.69) is 32.5 Å². The Morgan fingerprint density at radius 1 is 1.00 bits per heavy atom. The Kier molecular flexibility index (Phi) is 8.13. The molecule has 184 valence electrons. The number of likely N-dealkylation sites (N-methyl/N-ethyl adjacent to an activating group) is 1. The summed E-state index contributed by atoms with van der Waals surface area (Å²) < 4.78 is 0. The number of benzene rings is 2. The molecule has 0 aliphatic carbocycles. The lowest BCUT2D eigenvalue weighted by molar-refractivity contribution is 0.102. The van der Waals surface area contributed by atoms with Crippen molar-refractivity contribution in [3.8, 4) is 0 Å². The average molecular weight is 514 g/mol. The van der Waals surface area contributed by atoms with E-state index in [9.17, 15) is 9.59 Å². The van der Waals surface area contributed by atoms with Gasteiger partial charge in [-0.15, -0.1) is 0 Å². The van der Waals surface area contributed by atoms with Crippen molar-refractivity contribution >= 4 is 40.5 Å². The molecule has 4 rings (SSSR count). The van der Waals surface area contributed by atoms with Crippen LogP contribution in [0.2, 0.25) is 10.0 Å². The van der Waals surface area contributed by atoms with Crippen molar-refractivity contribution in [1.29, 1.82) is 0 Å². The first kappa shape index (κ1) is 25.3. The highest BCUT2D eigenvalue weighted by Gasteiger charge is 2.16. The Balaban J connectivity index is 1.40. The second-order valence-electron chi connectivity index (χ2n) is 8.93. The third-order valence-corrected chi connectivity index (χ3v) is 6.57. The summed E-state index contributed by atoms with van der Waals surface area (Å²) in [6, 6.07) is 14.4. The van der Waals surface area contributed by atoms with Crippen molar-refractivity contribution < 1.29 is 4.79 Å². The Morgan fingerprint density at radius 3 is 2.31 bits per heavy atom. The Hall–Kier alpha value is -2.84. The van der Waals surface area contributed by atoms with Gasteiger partial charge in [-0.05, 0) is 61.5 Å². The van der Waals surface area contributed by atoms with Crippen LogP contribution < -0.4 is 16.2 Å². The summed E-state index contributed by atoms with van der Waals surface area (Å²) in [5, 5.41) is 7.17. The first-order valence-corrected chi connectivity index (χ1v) is 12.3. The van der Waals surface area contributed by atoms with Crippen LogP contribution in [-0.4, -0.2) is 53.9 Å². The maximum Gasteiger partial charge on any atom is 0.261 e. The molecule has 1 fully saturated rings. The number of aromatic amines is 1. The van der Waals surface area contributed by atoms with Crippen molar-refractivity contribution in [1.82, 2.24) is 14.8 Å². The number of pyridine rings is 1. The lowest BCUT2D eigenvalue weighted by Gasteiger charge is -2.32. The van der Waals surface area contributed by atoms with Crippen LogP contribution in [0.3, 0.4) is 0 Å². The minimum absolute atomic E-state index is 0.0211. The largest absolute Gasteiger partial charge is 0.377 e. The molecule has 0 radical (unpaired) electrons. The van der Waals surface area contributed by atoms with E-state index in [1.165, 1.54) is 11.8 Å². The van der Waals surface area contributed by atoms with Gasteiger partial charge in [-0.2, -0.15) is 0 Å². The molecule has 9 heteroatoms. The van der Waals surface area contributed by atoms with Crippen LogP contribution in [0.5, 0.6) is 0 Å². The first-order chi connectivity index (χ1) is 16.8. The Labute approximate surface area is 215 Å². The van der Waals surface area contributed by atoms with Gasteiger partial charge >= 0.3 is 0 Å². The molecular weight excluding hydrogens is 485 g/mol. The molecular formula is C26H29Cl2N5O2. The maximum absolute atomic E-state index is 12.9. The number of nitrogens with one attached hydrogen (secondary N) is 3. The number of amides is 1. The molecule has 0 unspecified atom stereocenters. The van der Waals surface area contributed by atoms with Crippen molar-refractivity contribution in [2.75, 3.05) is 43.9 Å². The van der Waals surface area contributed by atoms with Gasteiger partial charge in [0.2, 0.25) is 0 Å². The molecule has 7 nitrogen and oxygen atoms in total. The van der Waals surface area contributed by atoms with Crippen molar-refractivity contribution in [3.05, 3.63) is 91.8 Å². The van der Waals surface area contributed by atoms with Crippen molar-refractivity contribution in [2.24, 2.45) is 0 Å². The molecule has 35 heavy (non-hydrogen) atoms. The fourth-order valence-electron chi connectivity index (χ4n) is 4.05. The van der Waals surface area contributed by atoms with Gasteiger partial charge in [0.25, 0.3) is 11.5 Å². The molecule has 1 aliphatic rings. The summed E-state index contributed by atoms with van der Waals surface area (Å²) >= 11 is 12.2. The molecule has 1 saturated heterocycles. The van der Waals surface area contributed by atoms with Gasteiger partial charge < -0.3 is 20.5 Å². The number of carbonyl (C=O) groups excluding carboxylic acids is 1. The summed E-state index contributed by atoms with van der Waals surface area (Å²) in [6.07, 6.45) is 1.54. The van der Waals surface area contributed by atoms with Gasteiger partial charge in [-0.1, -0.05) is 35.3 Å². The van der Waals surface area contributed by atoms with Gasteiger partial charge in [0.05, 0.1) is 5.69 Å². The number of carbonyl (C=O) groups is 1. The molecule has 1 amide bonds. The van der Waals surface area contributed by atoms with Gasteiger partial charge in [-0.3, -0.25) is 14.5 Å². The molecule has 2 heterocycles.